The Bertz CT molecular complexity index is 1240. The van der Waals surface area contributed by atoms with Crippen molar-refractivity contribution in [3.8, 4) is 17.6 Å². The van der Waals surface area contributed by atoms with Gasteiger partial charge < -0.3 is 16.2 Å². The fourth-order valence-electron chi connectivity index (χ4n) is 2.59. The number of nitrogens with two attached hydrogens (primary N) is 1. The van der Waals surface area contributed by atoms with Gasteiger partial charge in [0.1, 0.15) is 17.1 Å². The van der Waals surface area contributed by atoms with E-state index in [4.69, 9.17) is 5.73 Å². The van der Waals surface area contributed by atoms with Crippen LogP contribution in [0.3, 0.4) is 0 Å². The number of hydrogen-bond donors (Lipinski definition) is 3. The van der Waals surface area contributed by atoms with Gasteiger partial charge in [-0.3, -0.25) is 0 Å². The Morgan fingerprint density at radius 1 is 1.34 bits per heavy atom. The second-order valence-electron chi connectivity index (χ2n) is 6.15. The van der Waals surface area contributed by atoms with Crippen LogP contribution in [0.5, 0.6) is 5.75 Å². The van der Waals surface area contributed by atoms with Gasteiger partial charge in [-0.15, -0.1) is 0 Å². The first-order chi connectivity index (χ1) is 13.8. The molecule has 0 amide bonds. The lowest BCUT2D eigenvalue weighted by Crippen LogP contribution is -2.06. The number of nitrogens with zero attached hydrogens (tertiary/aromatic N) is 1. The number of sulfone groups is 1. The number of aromatic nitrogens is 1. The highest BCUT2D eigenvalue weighted by molar-refractivity contribution is 7.94. The maximum absolute atomic E-state index is 14.2. The number of phenols is 1. The smallest absolute Gasteiger partial charge is 0.181 e. The Labute approximate surface area is 171 Å². The SMILES string of the molecule is C=CS(=O)(=O)CCc1ccc(NCC#Cc2cc(O)c3nc(N)sc3c2)c(F)c1. The molecule has 6 nitrogen and oxygen atoms in total. The summed E-state index contributed by atoms with van der Waals surface area (Å²) in [5.41, 5.74) is 7.54. The second-order valence-corrected chi connectivity index (χ2v) is 9.28. The van der Waals surface area contributed by atoms with Gasteiger partial charge in [0.15, 0.2) is 15.0 Å². The quantitative estimate of drug-likeness (QED) is 0.517. The van der Waals surface area contributed by atoms with Gasteiger partial charge in [0.2, 0.25) is 0 Å². The minimum atomic E-state index is -3.32. The molecule has 1 heterocycles. The largest absolute Gasteiger partial charge is 0.506 e. The summed E-state index contributed by atoms with van der Waals surface area (Å²) in [6.07, 6.45) is 0.208. The minimum absolute atomic E-state index is 0.00723. The molecule has 4 N–H and O–H groups in total. The van der Waals surface area contributed by atoms with E-state index in [1.54, 1.807) is 18.2 Å². The zero-order chi connectivity index (χ0) is 21.0. The van der Waals surface area contributed by atoms with Gasteiger partial charge in [-0.2, -0.15) is 0 Å². The summed E-state index contributed by atoms with van der Waals surface area (Å²) >= 11 is 1.26. The molecule has 3 aromatic rings. The predicted octanol–water partition coefficient (Wildman–Crippen LogP) is 3.29. The first-order valence-electron chi connectivity index (χ1n) is 8.53. The lowest BCUT2D eigenvalue weighted by Gasteiger charge is -2.07. The molecule has 0 fully saturated rings. The fourth-order valence-corrected chi connectivity index (χ4v) is 4.07. The van der Waals surface area contributed by atoms with Crippen LogP contribution < -0.4 is 11.1 Å². The standard InChI is InChI=1S/C20H18FN3O3S2/c1-2-29(26,27)9-7-13-5-6-16(15(21)10-13)23-8-3-4-14-11-17(25)19-18(12-14)28-20(22)24-19/h2,5-6,10-12,23,25H,1,7-9H2,(H2,22,24). The maximum atomic E-state index is 14.2. The Balaban J connectivity index is 1.63. The number of phenolic OH excluding ortho intramolecular Hbond substituents is 1. The summed E-state index contributed by atoms with van der Waals surface area (Å²) in [6, 6.07) is 7.79. The summed E-state index contributed by atoms with van der Waals surface area (Å²) < 4.78 is 37.8. The van der Waals surface area contributed by atoms with Crippen LogP contribution in [0.1, 0.15) is 11.1 Å². The fraction of sp³-hybridized carbons (Fsp3) is 0.150. The molecule has 29 heavy (non-hydrogen) atoms. The van der Waals surface area contributed by atoms with Crippen molar-refractivity contribution in [3.63, 3.8) is 0 Å². The van der Waals surface area contributed by atoms with Gasteiger partial charge in [0.05, 0.1) is 22.7 Å². The molecule has 0 atom stereocenters. The van der Waals surface area contributed by atoms with E-state index in [0.29, 0.717) is 21.8 Å². The number of nitrogen functional groups attached to an aromatic ring is 1. The summed E-state index contributed by atoms with van der Waals surface area (Å²) in [5.74, 6) is 5.17. The van der Waals surface area contributed by atoms with E-state index in [0.717, 1.165) is 10.1 Å². The maximum Gasteiger partial charge on any atom is 0.181 e. The number of rotatable bonds is 6. The number of hydrogen-bond acceptors (Lipinski definition) is 7. The molecular formula is C20H18FN3O3S2. The summed E-state index contributed by atoms with van der Waals surface area (Å²) in [4.78, 5) is 4.04. The Hall–Kier alpha value is -3.09. The third-order valence-electron chi connectivity index (χ3n) is 4.05. The molecule has 3 rings (SSSR count). The van der Waals surface area contributed by atoms with E-state index >= 15 is 0 Å². The Kier molecular flexibility index (Phi) is 6.06. The zero-order valence-electron chi connectivity index (χ0n) is 15.3. The van der Waals surface area contributed by atoms with Crippen molar-refractivity contribution in [1.82, 2.24) is 4.98 Å². The van der Waals surface area contributed by atoms with E-state index in [2.05, 4.69) is 28.7 Å². The molecule has 1 aromatic heterocycles. The lowest BCUT2D eigenvalue weighted by molar-refractivity contribution is 0.480. The Morgan fingerprint density at radius 3 is 2.86 bits per heavy atom. The monoisotopic (exact) mass is 431 g/mol. The van der Waals surface area contributed by atoms with Crippen molar-refractivity contribution in [2.24, 2.45) is 0 Å². The van der Waals surface area contributed by atoms with Crippen LogP contribution in [-0.4, -0.2) is 30.8 Å². The molecule has 0 bridgehead atoms. The number of anilines is 2. The highest BCUT2D eigenvalue weighted by Crippen LogP contribution is 2.31. The molecule has 0 radical (unpaired) electrons. The van der Waals surface area contributed by atoms with Crippen LogP contribution in [0.4, 0.5) is 15.2 Å². The van der Waals surface area contributed by atoms with Gasteiger partial charge in [-0.25, -0.2) is 17.8 Å². The van der Waals surface area contributed by atoms with Crippen LogP contribution in [0.15, 0.2) is 42.3 Å². The molecular weight excluding hydrogens is 413 g/mol. The van der Waals surface area contributed by atoms with Gasteiger partial charge in [-0.1, -0.05) is 35.8 Å². The summed E-state index contributed by atoms with van der Waals surface area (Å²) in [6.45, 7) is 3.44. The highest BCUT2D eigenvalue weighted by Gasteiger charge is 2.09. The lowest BCUT2D eigenvalue weighted by atomic mass is 10.1. The van der Waals surface area contributed by atoms with Crippen molar-refractivity contribution in [1.29, 1.82) is 0 Å². The normalized spacial score (nSPS) is 11.1. The van der Waals surface area contributed by atoms with Crippen molar-refractivity contribution < 1.29 is 17.9 Å². The highest BCUT2D eigenvalue weighted by atomic mass is 32.2. The van der Waals surface area contributed by atoms with E-state index in [1.807, 2.05) is 0 Å². The van der Waals surface area contributed by atoms with E-state index in [-0.39, 0.29) is 30.2 Å². The van der Waals surface area contributed by atoms with Gasteiger partial charge in [-0.05, 0) is 36.2 Å². The van der Waals surface area contributed by atoms with E-state index in [9.17, 15) is 17.9 Å². The number of halogens is 1. The third-order valence-corrected chi connectivity index (χ3v) is 6.17. The number of aromatic hydroxyl groups is 1. The van der Waals surface area contributed by atoms with Crippen LogP contribution in [0, 0.1) is 17.7 Å². The van der Waals surface area contributed by atoms with Crippen molar-refractivity contribution in [2.45, 2.75) is 6.42 Å². The first-order valence-corrected chi connectivity index (χ1v) is 11.1. The zero-order valence-corrected chi connectivity index (χ0v) is 16.9. The summed E-state index contributed by atoms with van der Waals surface area (Å²) in [7, 11) is -3.32. The number of nitrogens with one attached hydrogen (secondary N) is 1. The van der Waals surface area contributed by atoms with Crippen molar-refractivity contribution in [2.75, 3.05) is 23.3 Å². The summed E-state index contributed by atoms with van der Waals surface area (Å²) in [5, 5.41) is 14.1. The molecule has 9 heteroatoms. The van der Waals surface area contributed by atoms with Crippen LogP contribution in [-0.2, 0) is 16.3 Å². The van der Waals surface area contributed by atoms with Crippen LogP contribution >= 0.6 is 11.3 Å². The molecule has 0 saturated heterocycles. The van der Waals surface area contributed by atoms with Crippen molar-refractivity contribution in [3.05, 3.63) is 59.3 Å². The first kappa shape index (κ1) is 20.6. The second kappa shape index (κ2) is 8.51. The van der Waals surface area contributed by atoms with Gasteiger partial charge >= 0.3 is 0 Å². The molecule has 2 aromatic carbocycles. The molecule has 150 valence electrons. The molecule has 0 spiro atoms. The number of aryl methyl sites for hydroxylation is 1. The topological polar surface area (TPSA) is 105 Å². The minimum Gasteiger partial charge on any atom is -0.506 e. The van der Waals surface area contributed by atoms with Crippen molar-refractivity contribution >= 4 is 42.2 Å². The molecule has 0 aliphatic carbocycles. The van der Waals surface area contributed by atoms with Gasteiger partial charge in [0, 0.05) is 11.0 Å². The average Bonchev–Trinajstić information content (AvgIpc) is 3.06. The molecule has 0 unspecified atom stereocenters. The molecule has 0 aliphatic heterocycles. The number of fused-ring (bicyclic) bond motifs is 1. The van der Waals surface area contributed by atoms with Gasteiger partial charge in [0.25, 0.3) is 0 Å². The number of thiazole rings is 1. The average molecular weight is 432 g/mol. The molecule has 0 saturated carbocycles. The molecule has 0 aliphatic rings. The number of benzene rings is 2. The van der Waals surface area contributed by atoms with E-state index < -0.39 is 15.7 Å². The third kappa shape index (κ3) is 5.25. The van der Waals surface area contributed by atoms with Crippen LogP contribution in [0.2, 0.25) is 0 Å². The van der Waals surface area contributed by atoms with E-state index in [1.165, 1.54) is 23.5 Å². The van der Waals surface area contributed by atoms with Crippen LogP contribution in [0.25, 0.3) is 10.2 Å². The predicted molar refractivity (Wildman–Crippen MR) is 115 cm³/mol. The Morgan fingerprint density at radius 2 is 2.14 bits per heavy atom.